The van der Waals surface area contributed by atoms with Crippen LogP contribution in [-0.2, 0) is 9.53 Å². The zero-order valence-electron chi connectivity index (χ0n) is 12.8. The van der Waals surface area contributed by atoms with Gasteiger partial charge in [-0.2, -0.15) is 0 Å². The van der Waals surface area contributed by atoms with Crippen molar-refractivity contribution in [2.24, 2.45) is 0 Å². The molecule has 3 aromatic heterocycles. The molecule has 1 N–H and O–H groups in total. The molecule has 0 saturated carbocycles. The van der Waals surface area contributed by atoms with Crippen molar-refractivity contribution < 1.29 is 19.1 Å². The number of carbonyl (C=O) groups excluding carboxylic acids is 1. The smallest absolute Gasteiger partial charge is 0.306 e. The van der Waals surface area contributed by atoms with Gasteiger partial charge in [0.2, 0.25) is 11.2 Å². The van der Waals surface area contributed by atoms with Crippen molar-refractivity contribution in [3.8, 4) is 5.75 Å². The van der Waals surface area contributed by atoms with Crippen LogP contribution in [0.4, 0.5) is 0 Å². The Balaban J connectivity index is 2.25. The molecular formula is C15H13ClN2O5S. The van der Waals surface area contributed by atoms with Crippen LogP contribution in [0, 0.1) is 6.92 Å². The van der Waals surface area contributed by atoms with E-state index in [2.05, 4.69) is 4.98 Å². The summed E-state index contributed by atoms with van der Waals surface area (Å²) in [5.41, 5.74) is -0.145. The number of ether oxygens (including phenoxy) is 1. The van der Waals surface area contributed by atoms with E-state index in [-0.39, 0.29) is 17.3 Å². The second kappa shape index (κ2) is 6.29. The molecule has 0 amide bonds. The molecule has 24 heavy (non-hydrogen) atoms. The monoisotopic (exact) mass is 368 g/mol. The van der Waals surface area contributed by atoms with Crippen LogP contribution in [0.3, 0.4) is 0 Å². The molecule has 0 radical (unpaired) electrons. The number of aromatic nitrogens is 2. The lowest BCUT2D eigenvalue weighted by Crippen LogP contribution is -2.15. The molecule has 9 heteroatoms. The third-order valence-electron chi connectivity index (χ3n) is 3.57. The number of methoxy groups -OCH3 is 1. The van der Waals surface area contributed by atoms with E-state index in [1.807, 2.05) is 5.38 Å². The zero-order valence-corrected chi connectivity index (χ0v) is 14.3. The van der Waals surface area contributed by atoms with E-state index in [0.29, 0.717) is 16.4 Å². The first-order chi connectivity index (χ1) is 11.4. The molecular weight excluding hydrogens is 356 g/mol. The topological polar surface area (TPSA) is 94.0 Å². The molecule has 0 aromatic carbocycles. The van der Waals surface area contributed by atoms with Gasteiger partial charge in [-0.15, -0.1) is 11.3 Å². The minimum absolute atomic E-state index is 0.0414. The Kier molecular flexibility index (Phi) is 4.33. The van der Waals surface area contributed by atoms with Gasteiger partial charge in [-0.1, -0.05) is 11.6 Å². The predicted molar refractivity (Wildman–Crippen MR) is 87.9 cm³/mol. The number of hydrogen-bond acceptors (Lipinski definition) is 7. The molecule has 1 atom stereocenters. The quantitative estimate of drug-likeness (QED) is 0.711. The van der Waals surface area contributed by atoms with Crippen molar-refractivity contribution in [2.75, 3.05) is 7.11 Å². The predicted octanol–water partition coefficient (Wildman–Crippen LogP) is 2.71. The highest BCUT2D eigenvalue weighted by molar-refractivity contribution is 7.15. The van der Waals surface area contributed by atoms with Gasteiger partial charge in [-0.3, -0.25) is 14.0 Å². The second-order valence-corrected chi connectivity index (χ2v) is 6.34. The largest absolute Gasteiger partial charge is 0.502 e. The Morgan fingerprint density at radius 3 is 3.04 bits per heavy atom. The fourth-order valence-electron chi connectivity index (χ4n) is 2.51. The highest BCUT2D eigenvalue weighted by Gasteiger charge is 2.31. The number of nitrogens with zero attached hydrogens (tertiary/aromatic N) is 2. The number of aromatic hydroxyl groups is 1. The summed E-state index contributed by atoms with van der Waals surface area (Å²) in [6, 6.07) is 1.17. The van der Waals surface area contributed by atoms with Crippen LogP contribution in [0.2, 0.25) is 5.15 Å². The molecule has 1 unspecified atom stereocenters. The average Bonchev–Trinajstić information content (AvgIpc) is 3.09. The van der Waals surface area contributed by atoms with E-state index in [4.69, 9.17) is 20.8 Å². The highest BCUT2D eigenvalue weighted by atomic mass is 35.5. The summed E-state index contributed by atoms with van der Waals surface area (Å²) in [5, 5.41) is 12.1. The number of imidazole rings is 1. The van der Waals surface area contributed by atoms with Crippen LogP contribution < -0.4 is 5.43 Å². The molecule has 0 spiro atoms. The number of esters is 1. The van der Waals surface area contributed by atoms with Gasteiger partial charge in [-0.05, 0) is 6.92 Å². The lowest BCUT2D eigenvalue weighted by molar-refractivity contribution is -0.141. The summed E-state index contributed by atoms with van der Waals surface area (Å²) in [6.45, 7) is 1.58. The van der Waals surface area contributed by atoms with Crippen LogP contribution in [0.15, 0.2) is 26.9 Å². The maximum atomic E-state index is 11.9. The summed E-state index contributed by atoms with van der Waals surface area (Å²) in [4.78, 5) is 28.6. The van der Waals surface area contributed by atoms with Crippen molar-refractivity contribution in [2.45, 2.75) is 19.3 Å². The van der Waals surface area contributed by atoms with Crippen LogP contribution in [0.5, 0.6) is 5.75 Å². The van der Waals surface area contributed by atoms with E-state index in [1.54, 1.807) is 17.5 Å². The van der Waals surface area contributed by atoms with Crippen molar-refractivity contribution in [1.82, 2.24) is 9.38 Å². The van der Waals surface area contributed by atoms with E-state index in [1.165, 1.54) is 24.5 Å². The van der Waals surface area contributed by atoms with Gasteiger partial charge < -0.3 is 14.3 Å². The standard InChI is InChI=1S/C15H13ClN2O5S/c1-7-5-9(19)12(21)13(23-7)8(6-10(20)22-2)11-14(16)17-15-18(11)3-4-24-15/h3-5,8,21H,6H2,1-2H3. The minimum Gasteiger partial charge on any atom is -0.502 e. The number of fused-ring (bicyclic) bond motifs is 1. The molecule has 3 aromatic rings. The van der Waals surface area contributed by atoms with E-state index >= 15 is 0 Å². The Labute approximate surface area is 145 Å². The van der Waals surface area contributed by atoms with Gasteiger partial charge in [0.05, 0.1) is 25.1 Å². The lowest BCUT2D eigenvalue weighted by atomic mass is 9.97. The zero-order chi connectivity index (χ0) is 17.4. The molecule has 0 aliphatic heterocycles. The number of hydrogen-bond donors (Lipinski definition) is 1. The van der Waals surface area contributed by atoms with Gasteiger partial charge in [0.1, 0.15) is 5.76 Å². The first-order valence-corrected chi connectivity index (χ1v) is 8.19. The fourth-order valence-corrected chi connectivity index (χ4v) is 3.59. The maximum Gasteiger partial charge on any atom is 0.306 e. The van der Waals surface area contributed by atoms with Gasteiger partial charge in [-0.25, -0.2) is 4.98 Å². The maximum absolute atomic E-state index is 11.9. The Morgan fingerprint density at radius 2 is 2.33 bits per heavy atom. The molecule has 7 nitrogen and oxygen atoms in total. The van der Waals surface area contributed by atoms with Gasteiger partial charge >= 0.3 is 5.97 Å². The van der Waals surface area contributed by atoms with Gasteiger partial charge in [0.15, 0.2) is 15.9 Å². The van der Waals surface area contributed by atoms with Crippen LogP contribution in [0.25, 0.3) is 4.96 Å². The molecule has 0 saturated heterocycles. The molecule has 0 aliphatic rings. The van der Waals surface area contributed by atoms with Crippen LogP contribution in [0.1, 0.15) is 29.6 Å². The third-order valence-corrected chi connectivity index (χ3v) is 4.61. The summed E-state index contributed by atoms with van der Waals surface area (Å²) in [6.07, 6.45) is 1.57. The highest BCUT2D eigenvalue weighted by Crippen LogP contribution is 2.37. The van der Waals surface area contributed by atoms with Crippen molar-refractivity contribution in [1.29, 1.82) is 0 Å². The summed E-state index contributed by atoms with van der Waals surface area (Å²) in [7, 11) is 1.25. The molecule has 3 heterocycles. The Morgan fingerprint density at radius 1 is 1.58 bits per heavy atom. The number of aryl methyl sites for hydroxylation is 1. The summed E-state index contributed by atoms with van der Waals surface area (Å²) in [5.74, 6) is -1.65. The Hall–Kier alpha value is -2.32. The van der Waals surface area contributed by atoms with Crippen molar-refractivity contribution >= 4 is 33.9 Å². The number of carbonyl (C=O) groups is 1. The molecule has 0 fully saturated rings. The van der Waals surface area contributed by atoms with Gasteiger partial charge in [0.25, 0.3) is 0 Å². The lowest BCUT2D eigenvalue weighted by Gasteiger charge is -2.16. The molecule has 3 rings (SSSR count). The number of rotatable bonds is 4. The van der Waals surface area contributed by atoms with Crippen molar-refractivity contribution in [3.63, 3.8) is 0 Å². The first kappa shape index (κ1) is 16.5. The van der Waals surface area contributed by atoms with E-state index < -0.39 is 23.1 Å². The van der Waals surface area contributed by atoms with Gasteiger partial charge in [0, 0.05) is 17.6 Å². The normalized spacial score (nSPS) is 12.5. The first-order valence-electron chi connectivity index (χ1n) is 6.93. The molecule has 0 bridgehead atoms. The molecule has 0 aliphatic carbocycles. The van der Waals surface area contributed by atoms with Crippen molar-refractivity contribution in [3.05, 3.63) is 50.2 Å². The third kappa shape index (κ3) is 2.78. The number of thiazole rings is 1. The fraction of sp³-hybridized carbons (Fsp3) is 0.267. The van der Waals surface area contributed by atoms with Crippen LogP contribution >= 0.6 is 22.9 Å². The minimum atomic E-state index is -0.817. The Bertz CT molecular complexity index is 974. The number of halogens is 1. The average molecular weight is 369 g/mol. The second-order valence-electron chi connectivity index (χ2n) is 5.11. The van der Waals surface area contributed by atoms with E-state index in [0.717, 1.165) is 0 Å². The molecule has 126 valence electrons. The van der Waals surface area contributed by atoms with Crippen LogP contribution in [-0.4, -0.2) is 27.6 Å². The van der Waals surface area contributed by atoms with E-state index in [9.17, 15) is 14.7 Å². The SMILES string of the molecule is COC(=O)CC(c1oc(C)cc(=O)c1O)c1c(Cl)nc2sccn12. The summed E-state index contributed by atoms with van der Waals surface area (Å²) >= 11 is 7.60. The summed E-state index contributed by atoms with van der Waals surface area (Å²) < 4.78 is 12.0.